The minimum absolute atomic E-state index is 0.179. The summed E-state index contributed by atoms with van der Waals surface area (Å²) in [5, 5.41) is 13.0. The highest BCUT2D eigenvalue weighted by molar-refractivity contribution is 5.28. The van der Waals surface area contributed by atoms with E-state index in [1.165, 1.54) is 62.5 Å². The van der Waals surface area contributed by atoms with Gasteiger partial charge in [0.05, 0.1) is 12.1 Å². The zero-order valence-corrected chi connectivity index (χ0v) is 15.3. The molecule has 5 heteroatoms. The van der Waals surface area contributed by atoms with Crippen molar-refractivity contribution in [1.29, 1.82) is 0 Å². The SMILES string of the molecule is Cc1ccc(C(c2nnnn2C2CCCCC2)N2CCCCC2)cc1. The molecule has 1 aliphatic carbocycles. The highest BCUT2D eigenvalue weighted by atomic mass is 15.6. The molecule has 0 radical (unpaired) electrons. The van der Waals surface area contributed by atoms with Crippen LogP contribution >= 0.6 is 0 Å². The van der Waals surface area contributed by atoms with E-state index in [0.717, 1.165) is 18.9 Å². The molecule has 0 bridgehead atoms. The summed E-state index contributed by atoms with van der Waals surface area (Å²) in [6.45, 7) is 4.41. The van der Waals surface area contributed by atoms with Crippen molar-refractivity contribution in [1.82, 2.24) is 25.1 Å². The van der Waals surface area contributed by atoms with E-state index in [0.29, 0.717) is 6.04 Å². The smallest absolute Gasteiger partial charge is 0.173 e. The molecule has 1 unspecified atom stereocenters. The van der Waals surface area contributed by atoms with Crippen molar-refractivity contribution in [3.8, 4) is 0 Å². The molecule has 25 heavy (non-hydrogen) atoms. The summed E-state index contributed by atoms with van der Waals surface area (Å²) in [6.07, 6.45) is 10.2. The number of nitrogens with zero attached hydrogens (tertiary/aromatic N) is 5. The molecule has 5 nitrogen and oxygen atoms in total. The number of hydrogen-bond donors (Lipinski definition) is 0. The van der Waals surface area contributed by atoms with Crippen molar-refractivity contribution in [2.45, 2.75) is 70.4 Å². The predicted octanol–water partition coefficient (Wildman–Crippen LogP) is 4.06. The molecule has 1 aromatic carbocycles. The molecule has 2 heterocycles. The summed E-state index contributed by atoms with van der Waals surface area (Å²) in [5.74, 6) is 1.04. The Morgan fingerprint density at radius 2 is 1.60 bits per heavy atom. The lowest BCUT2D eigenvalue weighted by Crippen LogP contribution is -2.36. The van der Waals surface area contributed by atoms with Gasteiger partial charge in [0.25, 0.3) is 0 Å². The highest BCUT2D eigenvalue weighted by Crippen LogP contribution is 2.34. The second kappa shape index (κ2) is 7.65. The third-order valence-corrected chi connectivity index (χ3v) is 5.83. The normalized spacial score (nSPS) is 21.3. The lowest BCUT2D eigenvalue weighted by Gasteiger charge is -2.35. The van der Waals surface area contributed by atoms with Gasteiger partial charge in [-0.2, -0.15) is 0 Å². The Kier molecular flexibility index (Phi) is 5.11. The fraction of sp³-hybridized carbons (Fsp3) is 0.650. The van der Waals surface area contributed by atoms with E-state index >= 15 is 0 Å². The molecule has 1 atom stereocenters. The van der Waals surface area contributed by atoms with Gasteiger partial charge in [-0.1, -0.05) is 55.5 Å². The summed E-state index contributed by atoms with van der Waals surface area (Å²) in [5.41, 5.74) is 2.62. The van der Waals surface area contributed by atoms with Crippen LogP contribution in [0.1, 0.15) is 80.4 Å². The first-order chi connectivity index (χ1) is 12.3. The van der Waals surface area contributed by atoms with E-state index in [2.05, 4.69) is 56.3 Å². The number of benzene rings is 1. The summed E-state index contributed by atoms with van der Waals surface area (Å²) in [6, 6.07) is 9.58. The maximum absolute atomic E-state index is 4.53. The van der Waals surface area contributed by atoms with Crippen molar-refractivity contribution >= 4 is 0 Å². The standard InChI is InChI=1S/C20H29N5/c1-16-10-12-17(13-11-16)19(24-14-6-3-7-15-24)20-21-22-23-25(20)18-8-4-2-5-9-18/h10-13,18-19H,2-9,14-15H2,1H3. The Balaban J connectivity index is 1.70. The third-order valence-electron chi connectivity index (χ3n) is 5.83. The van der Waals surface area contributed by atoms with Crippen LogP contribution in [0, 0.1) is 6.92 Å². The minimum atomic E-state index is 0.179. The Bertz CT molecular complexity index is 666. The van der Waals surface area contributed by atoms with Gasteiger partial charge in [0, 0.05) is 0 Å². The van der Waals surface area contributed by atoms with Crippen molar-refractivity contribution in [2.75, 3.05) is 13.1 Å². The minimum Gasteiger partial charge on any atom is -0.290 e. The van der Waals surface area contributed by atoms with Crippen molar-refractivity contribution in [2.24, 2.45) is 0 Å². The first-order valence-electron chi connectivity index (χ1n) is 9.91. The molecule has 0 spiro atoms. The average molecular weight is 339 g/mol. The number of piperidine rings is 1. The molecule has 1 saturated heterocycles. The van der Waals surface area contributed by atoms with Gasteiger partial charge in [-0.05, 0) is 61.7 Å². The second-order valence-corrected chi connectivity index (χ2v) is 7.68. The fourth-order valence-corrected chi connectivity index (χ4v) is 4.41. The number of tetrazole rings is 1. The zero-order chi connectivity index (χ0) is 17.1. The molecule has 0 amide bonds. The molecule has 0 N–H and O–H groups in total. The molecule has 2 fully saturated rings. The first kappa shape index (κ1) is 16.7. The van der Waals surface area contributed by atoms with Gasteiger partial charge in [0.15, 0.2) is 5.82 Å². The summed E-state index contributed by atoms with van der Waals surface area (Å²) < 4.78 is 2.15. The Morgan fingerprint density at radius 3 is 2.32 bits per heavy atom. The number of aromatic nitrogens is 4. The van der Waals surface area contributed by atoms with Crippen molar-refractivity contribution < 1.29 is 0 Å². The van der Waals surface area contributed by atoms with Crippen LogP contribution in [-0.4, -0.2) is 38.2 Å². The van der Waals surface area contributed by atoms with E-state index in [1.54, 1.807) is 0 Å². The number of likely N-dealkylation sites (tertiary alicyclic amines) is 1. The van der Waals surface area contributed by atoms with Crippen LogP contribution in [0.5, 0.6) is 0 Å². The van der Waals surface area contributed by atoms with Crippen LogP contribution in [0.15, 0.2) is 24.3 Å². The summed E-state index contributed by atoms with van der Waals surface area (Å²) >= 11 is 0. The molecule has 1 aromatic heterocycles. The summed E-state index contributed by atoms with van der Waals surface area (Å²) in [4.78, 5) is 2.58. The van der Waals surface area contributed by atoms with Gasteiger partial charge in [-0.25, -0.2) is 4.68 Å². The van der Waals surface area contributed by atoms with Crippen LogP contribution in [0.3, 0.4) is 0 Å². The van der Waals surface area contributed by atoms with E-state index in [4.69, 9.17) is 0 Å². The van der Waals surface area contributed by atoms with Gasteiger partial charge >= 0.3 is 0 Å². The van der Waals surface area contributed by atoms with Crippen molar-refractivity contribution in [3.05, 3.63) is 41.2 Å². The number of rotatable bonds is 4. The second-order valence-electron chi connectivity index (χ2n) is 7.68. The average Bonchev–Trinajstić information content (AvgIpc) is 3.14. The largest absolute Gasteiger partial charge is 0.290 e. The van der Waals surface area contributed by atoms with Gasteiger partial charge < -0.3 is 0 Å². The first-order valence-corrected chi connectivity index (χ1v) is 9.91. The highest BCUT2D eigenvalue weighted by Gasteiger charge is 2.31. The topological polar surface area (TPSA) is 46.8 Å². The quantitative estimate of drug-likeness (QED) is 0.843. The third kappa shape index (κ3) is 3.61. The maximum Gasteiger partial charge on any atom is 0.173 e. The molecular formula is C20H29N5. The van der Waals surface area contributed by atoms with E-state index in [1.807, 2.05) is 0 Å². The lowest BCUT2D eigenvalue weighted by molar-refractivity contribution is 0.172. The number of hydrogen-bond acceptors (Lipinski definition) is 4. The molecule has 1 aliphatic heterocycles. The van der Waals surface area contributed by atoms with Gasteiger partial charge in [-0.15, -0.1) is 5.10 Å². The Morgan fingerprint density at radius 1 is 0.920 bits per heavy atom. The van der Waals surface area contributed by atoms with Crippen LogP contribution in [0.2, 0.25) is 0 Å². The predicted molar refractivity (Wildman–Crippen MR) is 98.4 cm³/mol. The fourth-order valence-electron chi connectivity index (χ4n) is 4.41. The van der Waals surface area contributed by atoms with E-state index < -0.39 is 0 Å². The summed E-state index contributed by atoms with van der Waals surface area (Å²) in [7, 11) is 0. The van der Waals surface area contributed by atoms with Gasteiger partial charge in [0.2, 0.25) is 0 Å². The van der Waals surface area contributed by atoms with Gasteiger partial charge in [-0.3, -0.25) is 4.90 Å². The van der Waals surface area contributed by atoms with Crippen LogP contribution in [0.4, 0.5) is 0 Å². The van der Waals surface area contributed by atoms with E-state index in [9.17, 15) is 0 Å². The van der Waals surface area contributed by atoms with E-state index in [-0.39, 0.29) is 6.04 Å². The Labute approximate surface area is 150 Å². The lowest BCUT2D eigenvalue weighted by atomic mass is 9.94. The van der Waals surface area contributed by atoms with Crippen molar-refractivity contribution in [3.63, 3.8) is 0 Å². The molecule has 4 rings (SSSR count). The van der Waals surface area contributed by atoms with Crippen LogP contribution < -0.4 is 0 Å². The van der Waals surface area contributed by atoms with Crippen LogP contribution in [0.25, 0.3) is 0 Å². The molecule has 1 saturated carbocycles. The van der Waals surface area contributed by atoms with Crippen LogP contribution in [-0.2, 0) is 0 Å². The monoisotopic (exact) mass is 339 g/mol. The molecule has 2 aliphatic rings. The zero-order valence-electron chi connectivity index (χ0n) is 15.3. The molecule has 134 valence electrons. The van der Waals surface area contributed by atoms with Gasteiger partial charge in [0.1, 0.15) is 0 Å². The Hall–Kier alpha value is -1.75. The molecular weight excluding hydrogens is 310 g/mol. The molecule has 2 aromatic rings. The number of aryl methyl sites for hydroxylation is 1. The maximum atomic E-state index is 4.53.